The topological polar surface area (TPSA) is 178 Å². The summed E-state index contributed by atoms with van der Waals surface area (Å²) >= 11 is 0. The summed E-state index contributed by atoms with van der Waals surface area (Å²) in [6.45, 7) is 0. The molecule has 1 heterocycles. The van der Waals surface area contributed by atoms with Crippen LogP contribution in [-0.2, 0) is 16.0 Å². The number of carbonyl (C=O) groups is 3. The minimum Gasteiger partial charge on any atom is -0.510 e. The number of aromatic hydroxyl groups is 1. The van der Waals surface area contributed by atoms with E-state index in [0.717, 1.165) is 0 Å². The Kier molecular flexibility index (Phi) is 6.64. The monoisotopic (exact) mass is 558 g/mol. The van der Waals surface area contributed by atoms with Crippen molar-refractivity contribution in [2.24, 2.45) is 17.6 Å². The number of nitrogens with zero attached hydrogens (tertiary/aromatic N) is 3. The van der Waals surface area contributed by atoms with E-state index in [2.05, 4.69) is 16.8 Å². The minimum atomic E-state index is -2.69. The molecule has 3 aliphatic carbocycles. The predicted molar refractivity (Wildman–Crippen MR) is 148 cm³/mol. The van der Waals surface area contributed by atoms with Crippen LogP contribution in [0, 0.1) is 23.7 Å². The fraction of sp³-hybridized carbons (Fsp3) is 0.333. The zero-order valence-corrected chi connectivity index (χ0v) is 23.0. The zero-order valence-electron chi connectivity index (χ0n) is 23.0. The summed E-state index contributed by atoms with van der Waals surface area (Å²) in [6, 6.07) is 4.09. The van der Waals surface area contributed by atoms with Gasteiger partial charge in [-0.2, -0.15) is 0 Å². The van der Waals surface area contributed by atoms with Crippen molar-refractivity contribution in [1.82, 2.24) is 9.88 Å². The largest absolute Gasteiger partial charge is 0.510 e. The van der Waals surface area contributed by atoms with Crippen LogP contribution in [0.4, 0.5) is 5.69 Å². The predicted octanol–water partition coefficient (Wildman–Crippen LogP) is 0.981. The number of aromatic nitrogens is 1. The molecule has 3 aliphatic rings. The van der Waals surface area contributed by atoms with E-state index in [1.165, 1.54) is 4.90 Å². The first-order chi connectivity index (χ1) is 19.3. The van der Waals surface area contributed by atoms with E-state index in [1.807, 2.05) is 0 Å². The van der Waals surface area contributed by atoms with E-state index in [1.54, 1.807) is 63.7 Å². The minimum absolute atomic E-state index is 0.0158. The normalized spacial score (nSPS) is 25.3. The van der Waals surface area contributed by atoms with E-state index in [9.17, 15) is 34.8 Å². The Morgan fingerprint density at radius 1 is 1.15 bits per heavy atom. The van der Waals surface area contributed by atoms with Crippen LogP contribution < -0.4 is 10.6 Å². The van der Waals surface area contributed by atoms with Gasteiger partial charge in [0.05, 0.1) is 17.2 Å². The highest BCUT2D eigenvalue weighted by Gasteiger charge is 2.63. The maximum absolute atomic E-state index is 14.1. The molecular formula is C30H30N4O7. The number of primary amides is 1. The van der Waals surface area contributed by atoms with Crippen molar-refractivity contribution >= 4 is 23.2 Å². The number of aliphatic hydroxyl groups excluding tert-OH is 2. The third kappa shape index (κ3) is 4.06. The summed E-state index contributed by atoms with van der Waals surface area (Å²) in [6.07, 6.45) is 3.36. The zero-order chi connectivity index (χ0) is 30.0. The van der Waals surface area contributed by atoms with Crippen LogP contribution in [0.3, 0.4) is 0 Å². The van der Waals surface area contributed by atoms with E-state index in [-0.39, 0.29) is 29.5 Å². The Morgan fingerprint density at radius 3 is 2.44 bits per heavy atom. The highest BCUT2D eigenvalue weighted by Crippen LogP contribution is 2.53. The average molecular weight is 559 g/mol. The Morgan fingerprint density at radius 2 is 1.85 bits per heavy atom. The van der Waals surface area contributed by atoms with Crippen molar-refractivity contribution in [1.29, 1.82) is 0 Å². The number of anilines is 1. The van der Waals surface area contributed by atoms with Crippen LogP contribution in [0.1, 0.15) is 33.5 Å². The van der Waals surface area contributed by atoms with Gasteiger partial charge in [-0.25, -0.2) is 0 Å². The van der Waals surface area contributed by atoms with Gasteiger partial charge < -0.3 is 31.1 Å². The number of allylic oxidation sites excluding steroid dienone is 1. The van der Waals surface area contributed by atoms with E-state index in [0.29, 0.717) is 16.8 Å². The molecule has 1 aromatic carbocycles. The number of aliphatic hydroxyl groups is 3. The number of rotatable bonds is 3. The van der Waals surface area contributed by atoms with Gasteiger partial charge >= 0.3 is 0 Å². The molecule has 1 aromatic heterocycles. The standard InChI is InChI=1S/C30H30N4O7/c1-33(2)19-12-15(8-7-14-6-5-9-32-13-14)24(35)21-17(19)10-16-11-18-23(34(3)4)26(37)22(29(31)40)28(39)30(18,41)27(38)20(16)25(21)36/h5-6,9,12-13,16,18,23,35,37-38,41H,10-11H2,1-4H3,(H2,31,40)/t16-,18-,23-,30-/m0/s1. The molecule has 0 fully saturated rings. The fourth-order valence-electron chi connectivity index (χ4n) is 6.37. The first kappa shape index (κ1) is 27.9. The molecule has 4 atom stereocenters. The molecule has 0 aliphatic heterocycles. The van der Waals surface area contributed by atoms with Crippen LogP contribution >= 0.6 is 0 Å². The van der Waals surface area contributed by atoms with Crippen molar-refractivity contribution in [2.75, 3.05) is 33.1 Å². The number of carbonyl (C=O) groups excluding carboxylic acids is 3. The highest BCUT2D eigenvalue weighted by molar-refractivity contribution is 6.25. The van der Waals surface area contributed by atoms with Gasteiger partial charge in [0, 0.05) is 49.2 Å². The lowest BCUT2D eigenvalue weighted by atomic mass is 9.58. The second-order valence-corrected chi connectivity index (χ2v) is 11.0. The molecule has 2 aromatic rings. The SMILES string of the molecule is CN(C)c1cc(C#Cc2cccnc2)c(O)c2c1C[C@H]1C[C@H]3[C@H](N(C)C)C(O)=C(C(N)=O)C(=O)[C@@]3(O)C(O)=C1C2=O. The molecule has 5 rings (SSSR count). The third-order valence-corrected chi connectivity index (χ3v) is 8.18. The van der Waals surface area contributed by atoms with E-state index in [4.69, 9.17) is 5.73 Å². The number of hydrogen-bond donors (Lipinski definition) is 5. The summed E-state index contributed by atoms with van der Waals surface area (Å²) < 4.78 is 0. The van der Waals surface area contributed by atoms with Crippen molar-refractivity contribution < 1.29 is 34.8 Å². The number of benzene rings is 1. The second kappa shape index (κ2) is 9.76. The van der Waals surface area contributed by atoms with Crippen LogP contribution in [0.2, 0.25) is 0 Å². The Bertz CT molecular complexity index is 1630. The van der Waals surface area contributed by atoms with Crippen LogP contribution in [0.5, 0.6) is 5.75 Å². The maximum atomic E-state index is 14.1. The molecule has 41 heavy (non-hydrogen) atoms. The summed E-state index contributed by atoms with van der Waals surface area (Å²) in [7, 11) is 6.75. The van der Waals surface area contributed by atoms with Crippen molar-refractivity contribution in [3.05, 3.63) is 75.5 Å². The maximum Gasteiger partial charge on any atom is 0.255 e. The summed E-state index contributed by atoms with van der Waals surface area (Å²) in [5.74, 6) is -1.16. The van der Waals surface area contributed by atoms with Crippen molar-refractivity contribution in [2.45, 2.75) is 24.5 Å². The van der Waals surface area contributed by atoms with Crippen molar-refractivity contribution in [3.63, 3.8) is 0 Å². The molecule has 6 N–H and O–H groups in total. The van der Waals surface area contributed by atoms with E-state index >= 15 is 0 Å². The summed E-state index contributed by atoms with van der Waals surface area (Å²) in [4.78, 5) is 47.0. The van der Waals surface area contributed by atoms with Gasteiger partial charge in [-0.05, 0) is 56.6 Å². The number of phenols is 1. The number of likely N-dealkylation sites (N-methyl/N-ethyl adjacent to an activating group) is 1. The summed E-state index contributed by atoms with van der Waals surface area (Å²) in [5, 5.41) is 45.4. The van der Waals surface area contributed by atoms with Gasteiger partial charge in [-0.15, -0.1) is 0 Å². The van der Waals surface area contributed by atoms with Gasteiger partial charge in [0.15, 0.2) is 11.4 Å². The lowest BCUT2D eigenvalue weighted by molar-refractivity contribution is -0.148. The smallest absolute Gasteiger partial charge is 0.255 e. The average Bonchev–Trinajstić information content (AvgIpc) is 2.90. The third-order valence-electron chi connectivity index (χ3n) is 8.18. The number of fused-ring (bicyclic) bond motifs is 3. The molecule has 11 nitrogen and oxygen atoms in total. The van der Waals surface area contributed by atoms with Crippen LogP contribution in [0.25, 0.3) is 0 Å². The molecule has 0 saturated heterocycles. The molecular weight excluding hydrogens is 528 g/mol. The summed E-state index contributed by atoms with van der Waals surface area (Å²) in [5.41, 5.74) is 3.45. The molecule has 0 spiro atoms. The number of nitrogens with two attached hydrogens (primary N) is 1. The first-order valence-electron chi connectivity index (χ1n) is 12.9. The number of ketones is 2. The second-order valence-electron chi connectivity index (χ2n) is 11.0. The number of hydrogen-bond acceptors (Lipinski definition) is 10. The fourth-order valence-corrected chi connectivity index (χ4v) is 6.37. The Labute approximate surface area is 236 Å². The molecule has 1 amide bonds. The quantitative estimate of drug-likeness (QED) is 0.269. The molecule has 212 valence electrons. The lowest BCUT2D eigenvalue weighted by Gasteiger charge is -2.50. The number of amides is 1. The van der Waals surface area contributed by atoms with Gasteiger partial charge in [0.25, 0.3) is 5.91 Å². The lowest BCUT2D eigenvalue weighted by Crippen LogP contribution is -2.63. The van der Waals surface area contributed by atoms with Gasteiger partial charge in [0.1, 0.15) is 22.8 Å². The molecule has 0 bridgehead atoms. The molecule has 0 saturated carbocycles. The van der Waals surface area contributed by atoms with Gasteiger partial charge in [0.2, 0.25) is 5.78 Å². The van der Waals surface area contributed by atoms with Crippen molar-refractivity contribution in [3.8, 4) is 17.6 Å². The Hall–Kier alpha value is -4.66. The number of Topliss-reactive ketones (excluding diaryl/α,β-unsaturated/α-hetero) is 2. The molecule has 0 radical (unpaired) electrons. The van der Waals surface area contributed by atoms with Crippen LogP contribution in [0.15, 0.2) is 53.3 Å². The highest BCUT2D eigenvalue weighted by atomic mass is 16.3. The van der Waals surface area contributed by atoms with E-state index < -0.39 is 63.8 Å². The van der Waals surface area contributed by atoms with Gasteiger partial charge in [-0.3, -0.25) is 24.3 Å². The molecule has 0 unspecified atom stereocenters. The molecule has 11 heteroatoms. The number of phenolic OH excluding ortho intramolecular Hbond substituents is 1. The first-order valence-corrected chi connectivity index (χ1v) is 12.9. The van der Waals surface area contributed by atoms with Gasteiger partial charge in [-0.1, -0.05) is 11.8 Å². The van der Waals surface area contributed by atoms with Crippen LogP contribution in [-0.4, -0.2) is 87.6 Å². The number of pyridine rings is 1. The Balaban J connectivity index is 1.72.